The van der Waals surface area contributed by atoms with E-state index in [1.165, 1.54) is 0 Å². The summed E-state index contributed by atoms with van der Waals surface area (Å²) >= 11 is 10.3. The number of rotatable bonds is 3. The van der Waals surface area contributed by atoms with Crippen molar-refractivity contribution in [3.63, 3.8) is 0 Å². The molecule has 1 atom stereocenters. The van der Waals surface area contributed by atoms with Gasteiger partial charge in [0.25, 0.3) is 0 Å². The Bertz CT molecular complexity index is 785. The normalized spacial score (nSPS) is 12.3. The SMILES string of the molecule is COc1ccc(C(Cl)c2ccccc2Br)c2ccccc12. The summed E-state index contributed by atoms with van der Waals surface area (Å²) in [6, 6.07) is 20.2. The van der Waals surface area contributed by atoms with E-state index in [9.17, 15) is 0 Å². The lowest BCUT2D eigenvalue weighted by atomic mass is 9.97. The van der Waals surface area contributed by atoms with Crippen molar-refractivity contribution in [1.82, 2.24) is 0 Å². The molecule has 0 aromatic heterocycles. The van der Waals surface area contributed by atoms with Gasteiger partial charge < -0.3 is 4.74 Å². The Hall–Kier alpha value is -1.51. The maximum absolute atomic E-state index is 6.74. The fourth-order valence-electron chi connectivity index (χ4n) is 2.54. The molecule has 0 N–H and O–H groups in total. The molecule has 0 spiro atoms. The van der Waals surface area contributed by atoms with Gasteiger partial charge in [0.1, 0.15) is 5.75 Å². The first kappa shape index (κ1) is 14.4. The molecule has 0 bridgehead atoms. The second-order valence-electron chi connectivity index (χ2n) is 4.79. The molecule has 0 aliphatic heterocycles. The number of benzene rings is 3. The van der Waals surface area contributed by atoms with Crippen LogP contribution in [-0.2, 0) is 0 Å². The van der Waals surface area contributed by atoms with E-state index < -0.39 is 0 Å². The zero-order chi connectivity index (χ0) is 14.8. The van der Waals surface area contributed by atoms with Crippen LogP contribution in [0.3, 0.4) is 0 Å². The summed E-state index contributed by atoms with van der Waals surface area (Å²) in [7, 11) is 1.69. The minimum atomic E-state index is -0.212. The van der Waals surface area contributed by atoms with Gasteiger partial charge in [0.15, 0.2) is 0 Å². The number of halogens is 2. The van der Waals surface area contributed by atoms with Crippen LogP contribution in [-0.4, -0.2) is 7.11 Å². The quantitative estimate of drug-likeness (QED) is 0.525. The highest BCUT2D eigenvalue weighted by molar-refractivity contribution is 9.10. The molecule has 3 heteroatoms. The van der Waals surface area contributed by atoms with Crippen molar-refractivity contribution in [2.24, 2.45) is 0 Å². The Morgan fingerprint density at radius 1 is 0.857 bits per heavy atom. The van der Waals surface area contributed by atoms with Gasteiger partial charge in [-0.15, -0.1) is 11.6 Å². The number of alkyl halides is 1. The largest absolute Gasteiger partial charge is 0.496 e. The lowest BCUT2D eigenvalue weighted by Gasteiger charge is -2.16. The summed E-state index contributed by atoms with van der Waals surface area (Å²) in [5.41, 5.74) is 2.15. The fraction of sp³-hybridized carbons (Fsp3) is 0.111. The van der Waals surface area contributed by atoms with Crippen molar-refractivity contribution in [3.05, 3.63) is 76.3 Å². The van der Waals surface area contributed by atoms with Gasteiger partial charge in [0.05, 0.1) is 12.5 Å². The van der Waals surface area contributed by atoms with Crippen LogP contribution in [0.1, 0.15) is 16.5 Å². The third-order valence-electron chi connectivity index (χ3n) is 3.59. The maximum Gasteiger partial charge on any atom is 0.126 e. The van der Waals surface area contributed by atoms with E-state index in [0.717, 1.165) is 32.1 Å². The second kappa shape index (κ2) is 6.08. The highest BCUT2D eigenvalue weighted by atomic mass is 79.9. The van der Waals surface area contributed by atoms with E-state index in [2.05, 4.69) is 28.1 Å². The summed E-state index contributed by atoms with van der Waals surface area (Å²) in [6.07, 6.45) is 0. The van der Waals surface area contributed by atoms with Crippen LogP contribution in [0.25, 0.3) is 10.8 Å². The Labute approximate surface area is 137 Å². The van der Waals surface area contributed by atoms with E-state index in [0.29, 0.717) is 0 Å². The van der Waals surface area contributed by atoms with Gasteiger partial charge in [-0.25, -0.2) is 0 Å². The lowest BCUT2D eigenvalue weighted by molar-refractivity contribution is 0.419. The van der Waals surface area contributed by atoms with Crippen molar-refractivity contribution in [1.29, 1.82) is 0 Å². The average molecular weight is 362 g/mol. The zero-order valence-corrected chi connectivity index (χ0v) is 13.9. The van der Waals surface area contributed by atoms with Crippen LogP contribution >= 0.6 is 27.5 Å². The highest BCUT2D eigenvalue weighted by Gasteiger charge is 2.17. The topological polar surface area (TPSA) is 9.23 Å². The summed E-state index contributed by atoms with van der Waals surface area (Å²) in [6.45, 7) is 0. The molecule has 3 aromatic rings. The smallest absolute Gasteiger partial charge is 0.126 e. The van der Waals surface area contributed by atoms with Gasteiger partial charge >= 0.3 is 0 Å². The van der Waals surface area contributed by atoms with Crippen LogP contribution in [0.5, 0.6) is 5.75 Å². The van der Waals surface area contributed by atoms with Crippen LogP contribution in [0, 0.1) is 0 Å². The molecule has 0 aliphatic carbocycles. The van der Waals surface area contributed by atoms with Gasteiger partial charge in [0, 0.05) is 9.86 Å². The first-order chi connectivity index (χ1) is 10.2. The molecule has 3 aromatic carbocycles. The zero-order valence-electron chi connectivity index (χ0n) is 11.5. The third-order valence-corrected chi connectivity index (χ3v) is 4.78. The van der Waals surface area contributed by atoms with Crippen molar-refractivity contribution in [2.45, 2.75) is 5.38 Å². The molecule has 0 radical (unpaired) electrons. The first-order valence-corrected chi connectivity index (χ1v) is 7.89. The van der Waals surface area contributed by atoms with E-state index in [-0.39, 0.29) is 5.38 Å². The minimum absolute atomic E-state index is 0.212. The van der Waals surface area contributed by atoms with Crippen LogP contribution in [0.4, 0.5) is 0 Å². The molecule has 0 aliphatic rings. The Kier molecular flexibility index (Phi) is 4.18. The molecule has 1 nitrogen and oxygen atoms in total. The van der Waals surface area contributed by atoms with E-state index >= 15 is 0 Å². The Balaban J connectivity index is 2.19. The van der Waals surface area contributed by atoms with Gasteiger partial charge in [-0.3, -0.25) is 0 Å². The van der Waals surface area contributed by atoms with E-state index in [1.807, 2.05) is 48.5 Å². The Morgan fingerprint density at radius 3 is 2.24 bits per heavy atom. The number of methoxy groups -OCH3 is 1. The summed E-state index contributed by atoms with van der Waals surface area (Å²) in [4.78, 5) is 0. The highest BCUT2D eigenvalue weighted by Crippen LogP contribution is 2.39. The molecule has 106 valence electrons. The molecular formula is C18H14BrClO. The number of fused-ring (bicyclic) bond motifs is 1. The summed E-state index contributed by atoms with van der Waals surface area (Å²) in [5.74, 6) is 0.866. The predicted molar refractivity (Wildman–Crippen MR) is 92.3 cm³/mol. The van der Waals surface area contributed by atoms with E-state index in [4.69, 9.17) is 16.3 Å². The van der Waals surface area contributed by atoms with Crippen molar-refractivity contribution in [3.8, 4) is 5.75 Å². The van der Waals surface area contributed by atoms with Gasteiger partial charge in [0.2, 0.25) is 0 Å². The molecule has 0 fully saturated rings. The van der Waals surface area contributed by atoms with Gasteiger partial charge in [-0.05, 0) is 28.6 Å². The minimum Gasteiger partial charge on any atom is -0.496 e. The Morgan fingerprint density at radius 2 is 1.52 bits per heavy atom. The number of hydrogen-bond acceptors (Lipinski definition) is 1. The maximum atomic E-state index is 6.74. The first-order valence-electron chi connectivity index (χ1n) is 6.66. The fourth-order valence-corrected chi connectivity index (χ4v) is 3.57. The van der Waals surface area contributed by atoms with Crippen molar-refractivity contribution >= 4 is 38.3 Å². The second-order valence-corrected chi connectivity index (χ2v) is 6.08. The number of hydrogen-bond donors (Lipinski definition) is 0. The standard InChI is InChI=1S/C18H14BrClO/c1-21-17-11-10-14(12-6-2-3-7-13(12)17)18(20)15-8-4-5-9-16(15)19/h2-11,18H,1H3. The molecular weight excluding hydrogens is 348 g/mol. The molecule has 0 heterocycles. The molecule has 0 saturated carbocycles. The third kappa shape index (κ3) is 2.66. The number of ether oxygens (including phenoxy) is 1. The lowest BCUT2D eigenvalue weighted by Crippen LogP contribution is -1.97. The van der Waals surface area contributed by atoms with Crippen molar-refractivity contribution < 1.29 is 4.74 Å². The van der Waals surface area contributed by atoms with Crippen LogP contribution < -0.4 is 4.74 Å². The van der Waals surface area contributed by atoms with Crippen LogP contribution in [0.2, 0.25) is 0 Å². The summed E-state index contributed by atoms with van der Waals surface area (Å²) in [5, 5.41) is 1.99. The molecule has 0 saturated heterocycles. The average Bonchev–Trinajstić information content (AvgIpc) is 2.53. The van der Waals surface area contributed by atoms with Gasteiger partial charge in [-0.2, -0.15) is 0 Å². The van der Waals surface area contributed by atoms with Gasteiger partial charge in [-0.1, -0.05) is 64.5 Å². The molecule has 3 rings (SSSR count). The molecule has 21 heavy (non-hydrogen) atoms. The van der Waals surface area contributed by atoms with Crippen LogP contribution in [0.15, 0.2) is 65.1 Å². The predicted octanol–water partition coefficient (Wildman–Crippen LogP) is 5.94. The molecule has 0 amide bonds. The summed E-state index contributed by atoms with van der Waals surface area (Å²) < 4.78 is 6.46. The van der Waals surface area contributed by atoms with E-state index in [1.54, 1.807) is 7.11 Å². The van der Waals surface area contributed by atoms with Crippen molar-refractivity contribution in [2.75, 3.05) is 7.11 Å². The monoisotopic (exact) mass is 360 g/mol. The molecule has 1 unspecified atom stereocenters.